The molecule has 5 nitrogen and oxygen atoms in total. The second-order valence-electron chi connectivity index (χ2n) is 4.29. The summed E-state index contributed by atoms with van der Waals surface area (Å²) in [5.74, 6) is -1.22. The molecule has 0 bridgehead atoms. The molecule has 1 atom stereocenters. The third-order valence-electron chi connectivity index (χ3n) is 2.77. The van der Waals surface area contributed by atoms with Crippen LogP contribution >= 0.6 is 0 Å². The van der Waals surface area contributed by atoms with Gasteiger partial charge in [0.25, 0.3) is 0 Å². The first-order valence-electron chi connectivity index (χ1n) is 5.60. The van der Waals surface area contributed by atoms with Gasteiger partial charge in [-0.2, -0.15) is 0 Å². The number of halogens is 1. The molecule has 1 aromatic rings. The number of nitrogens with one attached hydrogen (secondary N) is 1. The summed E-state index contributed by atoms with van der Waals surface area (Å²) in [6.45, 7) is 1.71. The minimum atomic E-state index is -0.513. The van der Waals surface area contributed by atoms with Gasteiger partial charge in [0.05, 0.1) is 13.1 Å². The second-order valence-corrected chi connectivity index (χ2v) is 4.29. The first-order valence-corrected chi connectivity index (χ1v) is 5.60. The zero-order valence-corrected chi connectivity index (χ0v) is 9.94. The number of rotatable bonds is 2. The number of amides is 2. The molecule has 0 radical (unpaired) electrons. The largest absolute Gasteiger partial charge is 0.353 e. The molecule has 1 unspecified atom stereocenters. The molecule has 96 valence electrons. The van der Waals surface area contributed by atoms with Crippen molar-refractivity contribution in [3.8, 4) is 0 Å². The number of piperazine rings is 1. The number of imide groups is 1. The van der Waals surface area contributed by atoms with E-state index in [1.807, 2.05) is 0 Å². The summed E-state index contributed by atoms with van der Waals surface area (Å²) >= 11 is 0. The molecule has 3 N–H and O–H groups in total. The highest BCUT2D eigenvalue weighted by Gasteiger charge is 2.26. The van der Waals surface area contributed by atoms with Crippen molar-refractivity contribution in [2.75, 3.05) is 18.0 Å². The zero-order chi connectivity index (χ0) is 13.3. The van der Waals surface area contributed by atoms with Crippen molar-refractivity contribution in [1.29, 1.82) is 0 Å². The second kappa shape index (κ2) is 4.73. The van der Waals surface area contributed by atoms with Gasteiger partial charge in [-0.15, -0.1) is 0 Å². The molecule has 0 saturated carbocycles. The average Bonchev–Trinajstić information content (AvgIpc) is 2.26. The van der Waals surface area contributed by atoms with E-state index in [-0.39, 0.29) is 13.1 Å². The van der Waals surface area contributed by atoms with E-state index in [9.17, 15) is 14.0 Å². The highest BCUT2D eigenvalue weighted by Crippen LogP contribution is 2.28. The first-order chi connectivity index (χ1) is 8.49. The fourth-order valence-corrected chi connectivity index (χ4v) is 2.06. The number of nitrogens with two attached hydrogens (primary N) is 1. The fourth-order valence-electron chi connectivity index (χ4n) is 2.06. The van der Waals surface area contributed by atoms with Crippen LogP contribution in [0.3, 0.4) is 0 Å². The topological polar surface area (TPSA) is 75.4 Å². The summed E-state index contributed by atoms with van der Waals surface area (Å²) in [4.78, 5) is 24.2. The maximum atomic E-state index is 13.8. The molecule has 1 heterocycles. The summed E-state index contributed by atoms with van der Waals surface area (Å²) in [6, 6.07) is 4.00. The van der Waals surface area contributed by atoms with Crippen LogP contribution in [0.1, 0.15) is 18.5 Å². The summed E-state index contributed by atoms with van der Waals surface area (Å²) < 4.78 is 13.8. The van der Waals surface area contributed by atoms with E-state index in [1.54, 1.807) is 13.0 Å². The number of nitrogens with zero attached hydrogens (tertiary/aromatic N) is 1. The van der Waals surface area contributed by atoms with Crippen LogP contribution in [0.15, 0.2) is 18.2 Å². The SMILES string of the molecule is CC(N)c1c(F)cccc1N1CC(=O)NC(=O)C1. The van der Waals surface area contributed by atoms with Crippen molar-refractivity contribution in [1.82, 2.24) is 5.32 Å². The number of hydrogen-bond donors (Lipinski definition) is 2. The maximum absolute atomic E-state index is 13.8. The maximum Gasteiger partial charge on any atom is 0.246 e. The summed E-state index contributed by atoms with van der Waals surface area (Å²) in [6.07, 6.45) is 0. The minimum Gasteiger partial charge on any atom is -0.353 e. The molecule has 6 heteroatoms. The summed E-state index contributed by atoms with van der Waals surface area (Å²) in [5, 5.41) is 2.20. The van der Waals surface area contributed by atoms with Gasteiger partial charge in [-0.05, 0) is 19.1 Å². The van der Waals surface area contributed by atoms with Gasteiger partial charge in [0.15, 0.2) is 0 Å². The van der Waals surface area contributed by atoms with Crippen LogP contribution in [0.2, 0.25) is 0 Å². The average molecular weight is 251 g/mol. The molecule has 0 aromatic heterocycles. The zero-order valence-electron chi connectivity index (χ0n) is 9.94. The molecule has 1 fully saturated rings. The van der Waals surface area contributed by atoms with E-state index in [0.29, 0.717) is 11.3 Å². The molecule has 2 amide bonds. The predicted molar refractivity (Wildman–Crippen MR) is 64.4 cm³/mol. The van der Waals surface area contributed by atoms with Crippen LogP contribution in [-0.4, -0.2) is 24.9 Å². The molecule has 2 rings (SSSR count). The molecule has 0 spiro atoms. The van der Waals surface area contributed by atoms with Crippen molar-refractivity contribution in [2.24, 2.45) is 5.73 Å². The van der Waals surface area contributed by atoms with Crippen LogP contribution in [0.4, 0.5) is 10.1 Å². The third-order valence-corrected chi connectivity index (χ3v) is 2.77. The lowest BCUT2D eigenvalue weighted by Gasteiger charge is -2.30. The van der Waals surface area contributed by atoms with Crippen molar-refractivity contribution < 1.29 is 14.0 Å². The molecule has 1 aromatic carbocycles. The smallest absolute Gasteiger partial charge is 0.246 e. The van der Waals surface area contributed by atoms with Gasteiger partial charge < -0.3 is 10.6 Å². The lowest BCUT2D eigenvalue weighted by Crippen LogP contribution is -2.51. The fraction of sp³-hybridized carbons (Fsp3) is 0.333. The van der Waals surface area contributed by atoms with Gasteiger partial charge in [-0.1, -0.05) is 6.07 Å². The molecular formula is C12H14FN3O2. The molecule has 18 heavy (non-hydrogen) atoms. The van der Waals surface area contributed by atoms with Gasteiger partial charge in [0.1, 0.15) is 5.82 Å². The van der Waals surface area contributed by atoms with Gasteiger partial charge >= 0.3 is 0 Å². The lowest BCUT2D eigenvalue weighted by atomic mass is 10.0. The Balaban J connectivity index is 2.41. The van der Waals surface area contributed by atoms with Crippen LogP contribution in [0.25, 0.3) is 0 Å². The van der Waals surface area contributed by atoms with Crippen LogP contribution < -0.4 is 16.0 Å². The Kier molecular flexibility index (Phi) is 3.29. The Hall–Kier alpha value is -1.95. The van der Waals surface area contributed by atoms with Crippen LogP contribution in [0, 0.1) is 5.82 Å². The predicted octanol–water partition coefficient (Wildman–Crippen LogP) is 0.308. The van der Waals surface area contributed by atoms with Gasteiger partial charge in [-0.25, -0.2) is 4.39 Å². The van der Waals surface area contributed by atoms with E-state index in [0.717, 1.165) is 0 Å². The minimum absolute atomic E-state index is 0.0227. The highest BCUT2D eigenvalue weighted by molar-refractivity contribution is 6.02. The van der Waals surface area contributed by atoms with E-state index in [2.05, 4.69) is 5.32 Å². The molecule has 1 saturated heterocycles. The van der Waals surface area contributed by atoms with Crippen LogP contribution in [0.5, 0.6) is 0 Å². The van der Waals surface area contributed by atoms with E-state index >= 15 is 0 Å². The quantitative estimate of drug-likeness (QED) is 0.742. The monoisotopic (exact) mass is 251 g/mol. The van der Waals surface area contributed by atoms with E-state index in [1.165, 1.54) is 17.0 Å². The first kappa shape index (κ1) is 12.5. The third kappa shape index (κ3) is 2.33. The van der Waals surface area contributed by atoms with Crippen LogP contribution in [-0.2, 0) is 9.59 Å². The number of hydrogen-bond acceptors (Lipinski definition) is 4. The van der Waals surface area contributed by atoms with Gasteiger partial charge in [0, 0.05) is 17.3 Å². The molecular weight excluding hydrogens is 237 g/mol. The van der Waals surface area contributed by atoms with Gasteiger partial charge in [-0.3, -0.25) is 14.9 Å². The summed E-state index contributed by atoms with van der Waals surface area (Å²) in [5.41, 5.74) is 6.55. The number of benzene rings is 1. The Labute approximate surface area is 104 Å². The number of carbonyl (C=O) groups excluding carboxylic acids is 2. The molecule has 1 aliphatic rings. The summed E-state index contributed by atoms with van der Waals surface area (Å²) in [7, 11) is 0. The van der Waals surface area contributed by atoms with Crippen molar-refractivity contribution >= 4 is 17.5 Å². The van der Waals surface area contributed by atoms with Crippen molar-refractivity contribution in [3.05, 3.63) is 29.6 Å². The normalized spacial score (nSPS) is 17.6. The number of anilines is 1. The van der Waals surface area contributed by atoms with E-state index < -0.39 is 23.7 Å². The van der Waals surface area contributed by atoms with Gasteiger partial charge in [0.2, 0.25) is 11.8 Å². The Morgan fingerprint density at radius 2 is 1.94 bits per heavy atom. The molecule has 1 aliphatic heterocycles. The van der Waals surface area contributed by atoms with Crippen molar-refractivity contribution in [2.45, 2.75) is 13.0 Å². The van der Waals surface area contributed by atoms with Crippen molar-refractivity contribution in [3.63, 3.8) is 0 Å². The number of carbonyl (C=O) groups is 2. The Bertz CT molecular complexity index is 486. The molecule has 0 aliphatic carbocycles. The highest BCUT2D eigenvalue weighted by atomic mass is 19.1. The lowest BCUT2D eigenvalue weighted by molar-refractivity contribution is -0.130. The Morgan fingerprint density at radius 1 is 1.33 bits per heavy atom. The Morgan fingerprint density at radius 3 is 2.50 bits per heavy atom. The van der Waals surface area contributed by atoms with E-state index in [4.69, 9.17) is 5.73 Å². The standard InChI is InChI=1S/C12H14FN3O2/c1-7(14)12-8(13)3-2-4-9(12)16-5-10(17)15-11(18)6-16/h2-4,7H,5-6,14H2,1H3,(H,15,17,18).